The SMILES string of the molecule is Cc1cccnc1P(=O)(c1ccccc1)c1ccccc1/C=C/N1C=CC=CC1. The van der Waals surface area contributed by atoms with E-state index in [-0.39, 0.29) is 0 Å². The molecule has 0 amide bonds. The van der Waals surface area contributed by atoms with Gasteiger partial charge in [0, 0.05) is 35.8 Å². The molecule has 1 aromatic heterocycles. The van der Waals surface area contributed by atoms with E-state index in [4.69, 9.17) is 0 Å². The zero-order chi connectivity index (χ0) is 20.1. The van der Waals surface area contributed by atoms with Gasteiger partial charge in [0.15, 0.2) is 7.14 Å². The third kappa shape index (κ3) is 3.87. The van der Waals surface area contributed by atoms with Gasteiger partial charge >= 0.3 is 0 Å². The van der Waals surface area contributed by atoms with Crippen LogP contribution in [0.4, 0.5) is 0 Å². The first-order chi connectivity index (χ1) is 14.2. The van der Waals surface area contributed by atoms with Gasteiger partial charge in [-0.25, -0.2) is 0 Å². The van der Waals surface area contributed by atoms with Crippen LogP contribution in [0.15, 0.2) is 104 Å². The monoisotopic (exact) mass is 398 g/mol. The molecule has 0 radical (unpaired) electrons. The molecule has 1 aliphatic rings. The maximum Gasteiger partial charge on any atom is 0.189 e. The maximum atomic E-state index is 14.8. The molecule has 0 aliphatic carbocycles. The van der Waals surface area contributed by atoms with Crippen molar-refractivity contribution in [1.82, 2.24) is 9.88 Å². The molecule has 2 aromatic carbocycles. The van der Waals surface area contributed by atoms with Crippen molar-refractivity contribution in [2.24, 2.45) is 0 Å². The number of hydrogen-bond donors (Lipinski definition) is 0. The van der Waals surface area contributed by atoms with Crippen molar-refractivity contribution in [1.29, 1.82) is 0 Å². The van der Waals surface area contributed by atoms with Gasteiger partial charge in [-0.1, -0.05) is 72.8 Å². The highest BCUT2D eigenvalue weighted by molar-refractivity contribution is 7.85. The zero-order valence-corrected chi connectivity index (χ0v) is 17.2. The number of pyridine rings is 1. The van der Waals surface area contributed by atoms with Crippen LogP contribution in [0.3, 0.4) is 0 Å². The Morgan fingerprint density at radius 3 is 2.52 bits per heavy atom. The summed E-state index contributed by atoms with van der Waals surface area (Å²) in [5.41, 5.74) is 2.52. The van der Waals surface area contributed by atoms with Crippen LogP contribution in [0.1, 0.15) is 11.1 Å². The maximum absolute atomic E-state index is 14.8. The van der Waals surface area contributed by atoms with Crippen LogP contribution >= 0.6 is 7.14 Å². The first-order valence-electron chi connectivity index (χ1n) is 9.64. The Kier molecular flexibility index (Phi) is 5.59. The molecular weight excluding hydrogens is 375 g/mol. The average Bonchev–Trinajstić information content (AvgIpc) is 2.79. The second kappa shape index (κ2) is 8.46. The van der Waals surface area contributed by atoms with E-state index in [2.05, 4.69) is 16.0 Å². The fraction of sp³-hybridized carbons (Fsp3) is 0.0800. The minimum absolute atomic E-state index is 0.646. The summed E-state index contributed by atoms with van der Waals surface area (Å²) in [4.78, 5) is 6.67. The molecule has 29 heavy (non-hydrogen) atoms. The highest BCUT2D eigenvalue weighted by Gasteiger charge is 2.33. The van der Waals surface area contributed by atoms with Gasteiger partial charge in [0.05, 0.1) is 0 Å². The van der Waals surface area contributed by atoms with Crippen LogP contribution in [0.2, 0.25) is 0 Å². The van der Waals surface area contributed by atoms with Gasteiger partial charge in [0.2, 0.25) is 0 Å². The lowest BCUT2D eigenvalue weighted by Crippen LogP contribution is -2.30. The van der Waals surface area contributed by atoms with E-state index >= 15 is 0 Å². The zero-order valence-electron chi connectivity index (χ0n) is 16.3. The molecular formula is C25H23N2OP. The smallest absolute Gasteiger partial charge is 0.189 e. The van der Waals surface area contributed by atoms with E-state index < -0.39 is 7.14 Å². The van der Waals surface area contributed by atoms with Crippen molar-refractivity contribution in [3.8, 4) is 0 Å². The quantitative estimate of drug-likeness (QED) is 0.598. The van der Waals surface area contributed by atoms with E-state index in [0.717, 1.165) is 28.3 Å². The Bertz CT molecular complexity index is 1130. The molecule has 1 atom stereocenters. The summed E-state index contributed by atoms with van der Waals surface area (Å²) in [7, 11) is -3.13. The molecule has 4 rings (SSSR count). The Labute approximate surface area is 172 Å². The highest BCUT2D eigenvalue weighted by atomic mass is 31.2. The summed E-state index contributed by atoms with van der Waals surface area (Å²) in [6, 6.07) is 21.5. The lowest BCUT2D eigenvalue weighted by Gasteiger charge is -2.22. The average molecular weight is 398 g/mol. The van der Waals surface area contributed by atoms with Crippen molar-refractivity contribution in [3.63, 3.8) is 0 Å². The summed E-state index contributed by atoms with van der Waals surface area (Å²) in [5, 5.41) is 1.60. The van der Waals surface area contributed by atoms with Crippen molar-refractivity contribution in [3.05, 3.63) is 115 Å². The van der Waals surface area contributed by atoms with Gasteiger partial charge in [0.25, 0.3) is 0 Å². The minimum Gasteiger partial charge on any atom is -0.350 e. The molecule has 0 bridgehead atoms. The van der Waals surface area contributed by atoms with Crippen LogP contribution < -0.4 is 16.0 Å². The van der Waals surface area contributed by atoms with Crippen LogP contribution in [0.25, 0.3) is 6.08 Å². The summed E-state index contributed by atoms with van der Waals surface area (Å²) in [6.07, 6.45) is 14.0. The molecule has 0 saturated heterocycles. The highest BCUT2D eigenvalue weighted by Crippen LogP contribution is 2.43. The van der Waals surface area contributed by atoms with Gasteiger partial charge in [-0.2, -0.15) is 0 Å². The van der Waals surface area contributed by atoms with E-state index in [1.165, 1.54) is 0 Å². The van der Waals surface area contributed by atoms with Crippen molar-refractivity contribution >= 4 is 29.3 Å². The van der Waals surface area contributed by atoms with Gasteiger partial charge in [-0.05, 0) is 36.3 Å². The number of allylic oxidation sites excluding steroid dienone is 2. The predicted molar refractivity (Wildman–Crippen MR) is 122 cm³/mol. The van der Waals surface area contributed by atoms with E-state index in [1.54, 1.807) is 6.20 Å². The Morgan fingerprint density at radius 2 is 1.76 bits per heavy atom. The van der Waals surface area contributed by atoms with Gasteiger partial charge in [-0.15, -0.1) is 0 Å². The number of aromatic nitrogens is 1. The van der Waals surface area contributed by atoms with Crippen molar-refractivity contribution in [2.45, 2.75) is 6.92 Å². The Morgan fingerprint density at radius 1 is 0.966 bits per heavy atom. The topological polar surface area (TPSA) is 33.2 Å². The summed E-state index contributed by atoms with van der Waals surface area (Å²) < 4.78 is 14.8. The fourth-order valence-corrected chi connectivity index (χ4v) is 6.46. The largest absolute Gasteiger partial charge is 0.350 e. The second-order valence-electron chi connectivity index (χ2n) is 6.93. The first-order valence-corrected chi connectivity index (χ1v) is 11.3. The van der Waals surface area contributed by atoms with Crippen LogP contribution in [0, 0.1) is 6.92 Å². The van der Waals surface area contributed by atoms with E-state index in [9.17, 15) is 4.57 Å². The molecule has 0 fully saturated rings. The molecule has 3 nitrogen and oxygen atoms in total. The van der Waals surface area contributed by atoms with Crippen LogP contribution in [-0.2, 0) is 4.57 Å². The number of nitrogens with zero attached hydrogens (tertiary/aromatic N) is 2. The normalized spacial score (nSPS) is 15.6. The fourth-order valence-electron chi connectivity index (χ4n) is 3.50. The number of rotatable bonds is 5. The number of aryl methyl sites for hydroxylation is 1. The third-order valence-electron chi connectivity index (χ3n) is 4.96. The molecule has 1 aliphatic heterocycles. The van der Waals surface area contributed by atoms with Crippen molar-refractivity contribution < 1.29 is 4.57 Å². The molecule has 0 saturated carbocycles. The molecule has 144 valence electrons. The van der Waals surface area contributed by atoms with Crippen LogP contribution in [0.5, 0.6) is 0 Å². The van der Waals surface area contributed by atoms with Gasteiger partial charge in [-0.3, -0.25) is 4.98 Å². The lowest BCUT2D eigenvalue weighted by atomic mass is 10.2. The minimum atomic E-state index is -3.13. The molecule has 2 heterocycles. The Balaban J connectivity index is 1.88. The molecule has 4 heteroatoms. The lowest BCUT2D eigenvalue weighted by molar-refractivity contribution is 0.564. The first kappa shape index (κ1) is 19.2. The summed E-state index contributed by atoms with van der Waals surface area (Å²) >= 11 is 0. The van der Waals surface area contributed by atoms with Gasteiger partial charge in [0.1, 0.15) is 5.44 Å². The van der Waals surface area contributed by atoms with Crippen molar-refractivity contribution in [2.75, 3.05) is 6.54 Å². The second-order valence-corrected chi connectivity index (χ2v) is 9.57. The molecule has 1 unspecified atom stereocenters. The molecule has 0 spiro atoms. The summed E-state index contributed by atoms with van der Waals surface area (Å²) in [6.45, 7) is 2.80. The van der Waals surface area contributed by atoms with Gasteiger partial charge < -0.3 is 9.46 Å². The summed E-state index contributed by atoms with van der Waals surface area (Å²) in [5.74, 6) is 0. The standard InChI is InChI=1S/C25H23N2OP/c1-21-11-10-17-26-25(21)29(28,23-13-4-2-5-14-23)24-15-7-6-12-22(24)16-20-27-18-8-3-9-19-27/h2-18,20H,19H2,1H3/b20-16+. The van der Waals surface area contributed by atoms with E-state index in [1.807, 2.05) is 104 Å². The molecule has 0 N–H and O–H groups in total. The Hall–Kier alpha value is -3.16. The predicted octanol–water partition coefficient (Wildman–Crippen LogP) is 4.39. The van der Waals surface area contributed by atoms with Crippen LogP contribution in [-0.4, -0.2) is 16.4 Å². The number of benzene rings is 2. The molecule has 3 aromatic rings. The third-order valence-corrected chi connectivity index (χ3v) is 8.14. The van der Waals surface area contributed by atoms with E-state index in [0.29, 0.717) is 5.44 Å². The number of hydrogen-bond acceptors (Lipinski definition) is 3.